The molecular weight excluding hydrogens is 248 g/mol. The number of carboxylic acids is 1. The van der Waals surface area contributed by atoms with E-state index in [0.717, 1.165) is 12.8 Å². The Balaban J connectivity index is 1.67. The Morgan fingerprint density at radius 2 is 2.05 bits per heavy atom. The van der Waals surface area contributed by atoms with Gasteiger partial charge in [-0.15, -0.1) is 0 Å². The van der Waals surface area contributed by atoms with E-state index in [9.17, 15) is 9.59 Å². The van der Waals surface area contributed by atoms with Crippen LogP contribution in [0, 0.1) is 5.92 Å². The Bertz CT molecular complexity index is 424. The number of amides is 1. The van der Waals surface area contributed by atoms with E-state index in [1.54, 1.807) is 11.0 Å². The number of rotatable bonds is 5. The zero-order valence-electron chi connectivity index (χ0n) is 10.7. The fourth-order valence-corrected chi connectivity index (χ4v) is 2.35. The number of nitrogens with one attached hydrogen (secondary N) is 1. The number of hydrogen-bond acceptors (Lipinski definition) is 4. The summed E-state index contributed by atoms with van der Waals surface area (Å²) in [5.74, 6) is -0.992. The van der Waals surface area contributed by atoms with Crippen molar-refractivity contribution in [1.82, 2.24) is 20.1 Å². The monoisotopic (exact) mass is 266 g/mol. The summed E-state index contributed by atoms with van der Waals surface area (Å²) in [4.78, 5) is 26.4. The Kier molecular flexibility index (Phi) is 4.48. The molecule has 2 rings (SSSR count). The highest BCUT2D eigenvalue weighted by atomic mass is 16.4. The van der Waals surface area contributed by atoms with E-state index in [-0.39, 0.29) is 17.9 Å². The number of carbonyl (C=O) groups is 2. The molecule has 0 radical (unpaired) electrons. The van der Waals surface area contributed by atoms with Crippen molar-refractivity contribution in [3.63, 3.8) is 0 Å². The summed E-state index contributed by atoms with van der Waals surface area (Å²) in [6.45, 7) is 0.510. The molecule has 0 unspecified atom stereocenters. The summed E-state index contributed by atoms with van der Waals surface area (Å²) in [5.41, 5.74) is 0. The first-order chi connectivity index (χ1) is 9.15. The van der Waals surface area contributed by atoms with Crippen LogP contribution in [0.1, 0.15) is 32.1 Å². The number of nitrogens with zero attached hydrogens (tertiary/aromatic N) is 3. The lowest BCUT2D eigenvalue weighted by Crippen LogP contribution is -2.39. The number of aromatic nitrogens is 3. The van der Waals surface area contributed by atoms with Crippen molar-refractivity contribution >= 4 is 11.9 Å². The second kappa shape index (κ2) is 6.31. The minimum Gasteiger partial charge on any atom is -0.481 e. The predicted molar refractivity (Wildman–Crippen MR) is 66.2 cm³/mol. The molecule has 0 aromatic carbocycles. The smallest absolute Gasteiger partial charge is 0.306 e. The van der Waals surface area contributed by atoms with Crippen molar-refractivity contribution in [2.75, 3.05) is 0 Å². The molecule has 0 bridgehead atoms. The Morgan fingerprint density at radius 3 is 2.63 bits per heavy atom. The molecule has 0 aliphatic heterocycles. The average Bonchev–Trinajstić information content (AvgIpc) is 2.90. The van der Waals surface area contributed by atoms with Gasteiger partial charge in [-0.05, 0) is 25.7 Å². The van der Waals surface area contributed by atoms with Gasteiger partial charge in [0.25, 0.3) is 0 Å². The third-order valence-corrected chi connectivity index (χ3v) is 3.48. The number of aliphatic carboxylic acids is 1. The van der Waals surface area contributed by atoms with Crippen LogP contribution in [0.3, 0.4) is 0 Å². The molecule has 7 heteroatoms. The summed E-state index contributed by atoms with van der Waals surface area (Å²) in [6, 6.07) is 0.110. The van der Waals surface area contributed by atoms with Crippen LogP contribution in [0.25, 0.3) is 0 Å². The maximum absolute atomic E-state index is 11.7. The van der Waals surface area contributed by atoms with Gasteiger partial charge in [0.2, 0.25) is 5.91 Å². The van der Waals surface area contributed by atoms with Crippen LogP contribution in [0.5, 0.6) is 0 Å². The first-order valence-corrected chi connectivity index (χ1v) is 6.49. The van der Waals surface area contributed by atoms with Crippen molar-refractivity contribution in [3.05, 3.63) is 12.7 Å². The fourth-order valence-electron chi connectivity index (χ4n) is 2.35. The van der Waals surface area contributed by atoms with Crippen molar-refractivity contribution < 1.29 is 14.7 Å². The zero-order chi connectivity index (χ0) is 13.7. The minimum absolute atomic E-state index is 0.0192. The molecule has 1 aliphatic carbocycles. The third-order valence-electron chi connectivity index (χ3n) is 3.48. The van der Waals surface area contributed by atoms with E-state index in [1.807, 2.05) is 0 Å². The second-order valence-corrected chi connectivity index (χ2v) is 4.86. The van der Waals surface area contributed by atoms with Gasteiger partial charge >= 0.3 is 5.97 Å². The van der Waals surface area contributed by atoms with Crippen molar-refractivity contribution in [1.29, 1.82) is 0 Å². The number of hydrogen-bond donors (Lipinski definition) is 2. The Hall–Kier alpha value is -1.92. The molecule has 104 valence electrons. The summed E-state index contributed by atoms with van der Waals surface area (Å²) in [6.07, 6.45) is 6.14. The molecule has 0 saturated heterocycles. The number of aryl methyl sites for hydroxylation is 1. The molecule has 2 N–H and O–H groups in total. The average molecular weight is 266 g/mol. The summed E-state index contributed by atoms with van der Waals surface area (Å²) in [7, 11) is 0. The second-order valence-electron chi connectivity index (χ2n) is 4.86. The van der Waals surface area contributed by atoms with Crippen LogP contribution in [0.15, 0.2) is 12.7 Å². The van der Waals surface area contributed by atoms with Crippen LogP contribution in [0.2, 0.25) is 0 Å². The van der Waals surface area contributed by atoms with Gasteiger partial charge < -0.3 is 10.4 Å². The van der Waals surface area contributed by atoms with Crippen LogP contribution in [0.4, 0.5) is 0 Å². The SMILES string of the molecule is O=C(CCn1cncn1)NC1CCC(C(=O)O)CC1. The lowest BCUT2D eigenvalue weighted by molar-refractivity contribution is -0.142. The standard InChI is InChI=1S/C12H18N4O3/c17-11(5-6-16-8-13-7-14-16)15-10-3-1-9(2-4-10)12(18)19/h7-10H,1-6H2,(H,15,17)(H,18,19). The van der Waals surface area contributed by atoms with E-state index < -0.39 is 5.97 Å². The van der Waals surface area contributed by atoms with Gasteiger partial charge in [-0.25, -0.2) is 4.98 Å². The van der Waals surface area contributed by atoms with E-state index in [0.29, 0.717) is 25.8 Å². The van der Waals surface area contributed by atoms with Crippen LogP contribution in [-0.2, 0) is 16.1 Å². The van der Waals surface area contributed by atoms with Crippen LogP contribution >= 0.6 is 0 Å². The first kappa shape index (κ1) is 13.5. The largest absolute Gasteiger partial charge is 0.481 e. The Labute approximate surface area is 111 Å². The van der Waals surface area contributed by atoms with Gasteiger partial charge in [0.1, 0.15) is 12.7 Å². The molecule has 1 aliphatic rings. The molecule has 1 amide bonds. The van der Waals surface area contributed by atoms with Crippen molar-refractivity contribution in [2.24, 2.45) is 5.92 Å². The highest BCUT2D eigenvalue weighted by Crippen LogP contribution is 2.24. The molecule has 0 spiro atoms. The van der Waals surface area contributed by atoms with E-state index in [1.165, 1.54) is 6.33 Å². The lowest BCUT2D eigenvalue weighted by Gasteiger charge is -2.26. The predicted octanol–water partition coefficient (Wildman–Crippen LogP) is 0.428. The molecule has 19 heavy (non-hydrogen) atoms. The van der Waals surface area contributed by atoms with Crippen molar-refractivity contribution in [3.8, 4) is 0 Å². The van der Waals surface area contributed by atoms with Gasteiger partial charge in [-0.1, -0.05) is 0 Å². The van der Waals surface area contributed by atoms with Gasteiger partial charge in [-0.3, -0.25) is 14.3 Å². The quantitative estimate of drug-likeness (QED) is 0.805. The van der Waals surface area contributed by atoms with E-state index in [2.05, 4.69) is 15.4 Å². The molecular formula is C12H18N4O3. The summed E-state index contributed by atoms with van der Waals surface area (Å²) < 4.78 is 1.61. The topological polar surface area (TPSA) is 97.1 Å². The van der Waals surface area contributed by atoms with E-state index >= 15 is 0 Å². The minimum atomic E-state index is -0.726. The molecule has 1 saturated carbocycles. The number of carbonyl (C=O) groups excluding carboxylic acids is 1. The van der Waals surface area contributed by atoms with Crippen LogP contribution < -0.4 is 5.32 Å². The highest BCUT2D eigenvalue weighted by molar-refractivity contribution is 5.76. The maximum atomic E-state index is 11.7. The van der Waals surface area contributed by atoms with Gasteiger partial charge in [-0.2, -0.15) is 5.10 Å². The first-order valence-electron chi connectivity index (χ1n) is 6.49. The third kappa shape index (κ3) is 4.04. The highest BCUT2D eigenvalue weighted by Gasteiger charge is 2.26. The lowest BCUT2D eigenvalue weighted by atomic mass is 9.86. The molecule has 1 fully saturated rings. The number of carboxylic acid groups (broad SMARTS) is 1. The molecule has 1 aromatic heterocycles. The molecule has 1 aromatic rings. The van der Waals surface area contributed by atoms with Gasteiger partial charge in [0.05, 0.1) is 12.5 Å². The fraction of sp³-hybridized carbons (Fsp3) is 0.667. The summed E-state index contributed by atoms with van der Waals surface area (Å²) >= 11 is 0. The molecule has 0 atom stereocenters. The molecule has 7 nitrogen and oxygen atoms in total. The van der Waals surface area contributed by atoms with Gasteiger partial charge in [0.15, 0.2) is 0 Å². The van der Waals surface area contributed by atoms with Crippen molar-refractivity contribution in [2.45, 2.75) is 44.7 Å². The van der Waals surface area contributed by atoms with Gasteiger partial charge in [0, 0.05) is 12.5 Å². The van der Waals surface area contributed by atoms with E-state index in [4.69, 9.17) is 5.11 Å². The normalized spacial score (nSPS) is 22.9. The Morgan fingerprint density at radius 1 is 1.32 bits per heavy atom. The zero-order valence-corrected chi connectivity index (χ0v) is 10.7. The summed E-state index contributed by atoms with van der Waals surface area (Å²) in [5, 5.41) is 15.8. The molecule has 1 heterocycles. The maximum Gasteiger partial charge on any atom is 0.306 e. The van der Waals surface area contributed by atoms with Crippen LogP contribution in [-0.4, -0.2) is 37.8 Å².